The van der Waals surface area contributed by atoms with Gasteiger partial charge in [0.05, 0.1) is 7.11 Å². The van der Waals surface area contributed by atoms with E-state index in [-0.39, 0.29) is 12.0 Å². The SMILES string of the molecule is COC(=O)C(C)N1CCC(CNC2CC2)CC1. The summed E-state index contributed by atoms with van der Waals surface area (Å²) in [5.74, 6) is 0.677. The fraction of sp³-hybridized carbons (Fsp3) is 0.923. The van der Waals surface area contributed by atoms with Gasteiger partial charge in [-0.15, -0.1) is 0 Å². The molecule has 1 atom stereocenters. The van der Waals surface area contributed by atoms with Gasteiger partial charge in [0.1, 0.15) is 6.04 Å². The van der Waals surface area contributed by atoms with Gasteiger partial charge in [-0.1, -0.05) is 0 Å². The molecule has 1 N–H and O–H groups in total. The first-order chi connectivity index (χ1) is 8.20. The molecule has 0 radical (unpaired) electrons. The minimum Gasteiger partial charge on any atom is -0.468 e. The Balaban J connectivity index is 1.67. The summed E-state index contributed by atoms with van der Waals surface area (Å²) in [7, 11) is 1.46. The number of ether oxygens (including phenoxy) is 1. The fourth-order valence-corrected chi connectivity index (χ4v) is 2.48. The van der Waals surface area contributed by atoms with Crippen molar-refractivity contribution in [2.24, 2.45) is 5.92 Å². The van der Waals surface area contributed by atoms with Crippen molar-refractivity contribution in [1.82, 2.24) is 10.2 Å². The predicted octanol–water partition coefficient (Wildman–Crippen LogP) is 1.01. The molecule has 0 aromatic carbocycles. The molecule has 1 aliphatic carbocycles. The van der Waals surface area contributed by atoms with Gasteiger partial charge in [0.15, 0.2) is 0 Å². The van der Waals surface area contributed by atoms with Crippen LogP contribution in [0.1, 0.15) is 32.6 Å². The van der Waals surface area contributed by atoms with Gasteiger partial charge in [0.25, 0.3) is 0 Å². The van der Waals surface area contributed by atoms with Crippen LogP contribution in [-0.2, 0) is 9.53 Å². The molecule has 0 bridgehead atoms. The molecule has 0 spiro atoms. The molecule has 0 amide bonds. The average molecular weight is 240 g/mol. The van der Waals surface area contributed by atoms with Crippen LogP contribution in [0.2, 0.25) is 0 Å². The molecular formula is C13H24N2O2. The van der Waals surface area contributed by atoms with Crippen LogP contribution in [0.5, 0.6) is 0 Å². The van der Waals surface area contributed by atoms with Crippen molar-refractivity contribution in [3.05, 3.63) is 0 Å². The molecule has 2 rings (SSSR count). The number of methoxy groups -OCH3 is 1. The smallest absolute Gasteiger partial charge is 0.322 e. The molecule has 1 saturated carbocycles. The molecule has 1 aliphatic heterocycles. The topological polar surface area (TPSA) is 41.6 Å². The van der Waals surface area contributed by atoms with Gasteiger partial charge >= 0.3 is 5.97 Å². The number of piperidine rings is 1. The molecule has 17 heavy (non-hydrogen) atoms. The van der Waals surface area contributed by atoms with Crippen molar-refractivity contribution >= 4 is 5.97 Å². The Morgan fingerprint density at radius 1 is 1.35 bits per heavy atom. The second kappa shape index (κ2) is 5.83. The Morgan fingerprint density at radius 3 is 2.53 bits per heavy atom. The minimum absolute atomic E-state index is 0.0858. The number of nitrogens with one attached hydrogen (secondary N) is 1. The third kappa shape index (κ3) is 3.68. The number of hydrogen-bond donors (Lipinski definition) is 1. The summed E-state index contributed by atoms with van der Waals surface area (Å²) in [5, 5.41) is 3.59. The maximum absolute atomic E-state index is 11.4. The van der Waals surface area contributed by atoms with Gasteiger partial charge in [0.2, 0.25) is 0 Å². The fourth-order valence-electron chi connectivity index (χ4n) is 2.48. The number of rotatable bonds is 5. The normalized spacial score (nSPS) is 24.6. The zero-order valence-corrected chi connectivity index (χ0v) is 10.9. The summed E-state index contributed by atoms with van der Waals surface area (Å²) in [6, 6.07) is 0.722. The van der Waals surface area contributed by atoms with Gasteiger partial charge in [-0.3, -0.25) is 9.69 Å². The zero-order valence-electron chi connectivity index (χ0n) is 10.9. The summed E-state index contributed by atoms with van der Waals surface area (Å²) in [5.41, 5.74) is 0. The number of likely N-dealkylation sites (tertiary alicyclic amines) is 1. The quantitative estimate of drug-likeness (QED) is 0.728. The molecule has 1 saturated heterocycles. The molecule has 1 heterocycles. The Bertz CT molecular complexity index is 258. The Labute approximate surface area is 104 Å². The van der Waals surface area contributed by atoms with Crippen LogP contribution in [0.4, 0.5) is 0 Å². The van der Waals surface area contributed by atoms with Crippen LogP contribution in [0.25, 0.3) is 0 Å². The predicted molar refractivity (Wildman–Crippen MR) is 66.8 cm³/mol. The maximum Gasteiger partial charge on any atom is 0.322 e. The summed E-state index contributed by atoms with van der Waals surface area (Å²) < 4.78 is 4.79. The van der Waals surface area contributed by atoms with E-state index in [1.807, 2.05) is 6.92 Å². The van der Waals surface area contributed by atoms with E-state index in [1.165, 1.54) is 32.8 Å². The highest BCUT2D eigenvalue weighted by Gasteiger charge is 2.28. The lowest BCUT2D eigenvalue weighted by atomic mass is 9.96. The van der Waals surface area contributed by atoms with Gasteiger partial charge in [-0.05, 0) is 58.2 Å². The van der Waals surface area contributed by atoms with Crippen molar-refractivity contribution in [3.63, 3.8) is 0 Å². The first kappa shape index (κ1) is 12.8. The molecule has 98 valence electrons. The Kier molecular flexibility index (Phi) is 4.40. The highest BCUT2D eigenvalue weighted by atomic mass is 16.5. The van der Waals surface area contributed by atoms with Crippen LogP contribution in [0, 0.1) is 5.92 Å². The van der Waals surface area contributed by atoms with Crippen molar-refractivity contribution in [2.45, 2.75) is 44.7 Å². The number of hydrogen-bond acceptors (Lipinski definition) is 4. The van der Waals surface area contributed by atoms with Gasteiger partial charge in [-0.2, -0.15) is 0 Å². The molecule has 4 nitrogen and oxygen atoms in total. The third-order valence-electron chi connectivity index (χ3n) is 4.01. The van der Waals surface area contributed by atoms with Crippen molar-refractivity contribution in [2.75, 3.05) is 26.7 Å². The van der Waals surface area contributed by atoms with E-state index in [9.17, 15) is 4.79 Å². The molecular weight excluding hydrogens is 216 g/mol. The lowest BCUT2D eigenvalue weighted by Gasteiger charge is -2.34. The van der Waals surface area contributed by atoms with Crippen molar-refractivity contribution in [3.8, 4) is 0 Å². The standard InChI is InChI=1S/C13H24N2O2/c1-10(13(16)17-2)15-7-5-11(6-8-15)9-14-12-3-4-12/h10-12,14H,3-9H2,1-2H3. The van der Waals surface area contributed by atoms with Gasteiger partial charge in [-0.25, -0.2) is 0 Å². The first-order valence-electron chi connectivity index (χ1n) is 6.76. The third-order valence-corrected chi connectivity index (χ3v) is 4.01. The van der Waals surface area contributed by atoms with E-state index in [2.05, 4.69) is 10.2 Å². The lowest BCUT2D eigenvalue weighted by molar-refractivity contribution is -0.146. The summed E-state index contributed by atoms with van der Waals surface area (Å²) in [6.45, 7) is 5.14. The van der Waals surface area contributed by atoms with Crippen LogP contribution < -0.4 is 5.32 Å². The van der Waals surface area contributed by atoms with Crippen molar-refractivity contribution < 1.29 is 9.53 Å². The lowest BCUT2D eigenvalue weighted by Crippen LogP contribution is -2.45. The highest BCUT2D eigenvalue weighted by Crippen LogP contribution is 2.22. The first-order valence-corrected chi connectivity index (χ1v) is 6.76. The number of carbonyl (C=O) groups is 1. The Morgan fingerprint density at radius 2 is 2.00 bits per heavy atom. The van der Waals surface area contributed by atoms with Crippen LogP contribution in [0.15, 0.2) is 0 Å². The van der Waals surface area contributed by atoms with E-state index in [0.29, 0.717) is 0 Å². The number of nitrogens with zero attached hydrogens (tertiary/aromatic N) is 1. The van der Waals surface area contributed by atoms with E-state index in [0.717, 1.165) is 31.6 Å². The zero-order chi connectivity index (χ0) is 12.3. The summed E-state index contributed by atoms with van der Waals surface area (Å²) in [6.07, 6.45) is 5.11. The van der Waals surface area contributed by atoms with Crippen LogP contribution in [-0.4, -0.2) is 49.7 Å². The molecule has 2 aliphatic rings. The minimum atomic E-state index is -0.112. The molecule has 0 aromatic heterocycles. The van der Waals surface area contributed by atoms with E-state index in [4.69, 9.17) is 4.74 Å². The van der Waals surface area contributed by atoms with Crippen LogP contribution >= 0.6 is 0 Å². The number of esters is 1. The van der Waals surface area contributed by atoms with E-state index < -0.39 is 0 Å². The summed E-state index contributed by atoms with van der Waals surface area (Å²) >= 11 is 0. The van der Waals surface area contributed by atoms with Gasteiger partial charge < -0.3 is 10.1 Å². The number of carbonyl (C=O) groups excluding carboxylic acids is 1. The molecule has 4 heteroatoms. The molecule has 0 aromatic rings. The second-order valence-corrected chi connectivity index (χ2v) is 5.36. The van der Waals surface area contributed by atoms with Crippen LogP contribution in [0.3, 0.4) is 0 Å². The Hall–Kier alpha value is -0.610. The maximum atomic E-state index is 11.4. The second-order valence-electron chi connectivity index (χ2n) is 5.36. The van der Waals surface area contributed by atoms with Crippen molar-refractivity contribution in [1.29, 1.82) is 0 Å². The molecule has 2 fully saturated rings. The van der Waals surface area contributed by atoms with Gasteiger partial charge in [0, 0.05) is 6.04 Å². The van der Waals surface area contributed by atoms with E-state index in [1.54, 1.807) is 0 Å². The average Bonchev–Trinajstić information content (AvgIpc) is 3.19. The summed E-state index contributed by atoms with van der Waals surface area (Å²) in [4.78, 5) is 13.7. The van der Waals surface area contributed by atoms with E-state index >= 15 is 0 Å². The largest absolute Gasteiger partial charge is 0.468 e. The highest BCUT2D eigenvalue weighted by molar-refractivity contribution is 5.75. The molecule has 1 unspecified atom stereocenters. The monoisotopic (exact) mass is 240 g/mol.